The molecule has 0 fully saturated rings. The summed E-state index contributed by atoms with van der Waals surface area (Å²) in [6.45, 7) is 5.99. The number of hydrogen-bond acceptors (Lipinski definition) is 3. The summed E-state index contributed by atoms with van der Waals surface area (Å²) in [6.07, 6.45) is 0.331. The van der Waals surface area contributed by atoms with Crippen molar-refractivity contribution in [2.45, 2.75) is 38.7 Å². The Labute approximate surface area is 103 Å². The Hall–Kier alpha value is -1.22. The van der Waals surface area contributed by atoms with E-state index >= 15 is 0 Å². The van der Waals surface area contributed by atoms with Gasteiger partial charge in [-0.25, -0.2) is 0 Å². The van der Waals surface area contributed by atoms with E-state index in [2.05, 4.69) is 13.8 Å². The Balaban J connectivity index is 3.16. The molecule has 0 saturated heterocycles. The minimum atomic E-state index is -0.346. The lowest BCUT2D eigenvalue weighted by Crippen LogP contribution is -2.23. The highest BCUT2D eigenvalue weighted by Gasteiger charge is 2.26. The Morgan fingerprint density at radius 1 is 1.24 bits per heavy atom. The van der Waals surface area contributed by atoms with Gasteiger partial charge < -0.3 is 14.6 Å². The molecule has 17 heavy (non-hydrogen) atoms. The van der Waals surface area contributed by atoms with Crippen LogP contribution in [0.4, 0.5) is 0 Å². The quantitative estimate of drug-likeness (QED) is 0.857. The van der Waals surface area contributed by atoms with Crippen LogP contribution in [0.25, 0.3) is 0 Å². The first-order valence-corrected chi connectivity index (χ1v) is 5.81. The summed E-state index contributed by atoms with van der Waals surface area (Å²) in [5, 5.41) is 9.57. The minimum absolute atomic E-state index is 0.159. The van der Waals surface area contributed by atoms with Gasteiger partial charge in [0.05, 0.1) is 20.3 Å². The van der Waals surface area contributed by atoms with Crippen LogP contribution in [-0.2, 0) is 5.41 Å². The number of hydrogen-bond donors (Lipinski definition) is 1. The molecule has 0 radical (unpaired) electrons. The lowest BCUT2D eigenvalue weighted by Gasteiger charge is -2.28. The van der Waals surface area contributed by atoms with E-state index in [4.69, 9.17) is 9.47 Å². The molecule has 1 aromatic carbocycles. The molecule has 1 rings (SSSR count). The molecule has 0 bridgehead atoms. The normalized spacial score (nSPS) is 13.3. The number of aliphatic hydroxyl groups is 1. The van der Waals surface area contributed by atoms with Crippen molar-refractivity contribution in [1.29, 1.82) is 0 Å². The van der Waals surface area contributed by atoms with Crippen LogP contribution in [0.5, 0.6) is 11.5 Å². The number of ether oxygens (including phenoxy) is 2. The highest BCUT2D eigenvalue weighted by molar-refractivity contribution is 5.44. The summed E-state index contributed by atoms with van der Waals surface area (Å²) in [6, 6.07) is 5.75. The molecule has 3 heteroatoms. The average molecular weight is 238 g/mol. The third-order valence-electron chi connectivity index (χ3n) is 2.94. The van der Waals surface area contributed by atoms with Gasteiger partial charge in [0.2, 0.25) is 0 Å². The monoisotopic (exact) mass is 238 g/mol. The first-order valence-electron chi connectivity index (χ1n) is 5.81. The van der Waals surface area contributed by atoms with Crippen LogP contribution in [0.1, 0.15) is 32.8 Å². The summed E-state index contributed by atoms with van der Waals surface area (Å²) in [7, 11) is 3.30. The molecule has 0 amide bonds. The van der Waals surface area contributed by atoms with E-state index in [0.29, 0.717) is 6.42 Å². The molecule has 3 nitrogen and oxygen atoms in total. The molecule has 0 aliphatic heterocycles. The van der Waals surface area contributed by atoms with E-state index in [1.54, 1.807) is 21.1 Å². The maximum atomic E-state index is 9.57. The highest BCUT2D eigenvalue weighted by atomic mass is 16.5. The molecule has 0 saturated carbocycles. The third-order valence-corrected chi connectivity index (χ3v) is 2.94. The predicted octanol–water partition coefficient (Wildman–Crippen LogP) is 2.75. The maximum Gasteiger partial charge on any atom is 0.122 e. The lowest BCUT2D eigenvalue weighted by atomic mass is 9.79. The van der Waals surface area contributed by atoms with Crippen molar-refractivity contribution in [1.82, 2.24) is 0 Å². The van der Waals surface area contributed by atoms with E-state index in [-0.39, 0.29) is 11.5 Å². The van der Waals surface area contributed by atoms with Crippen molar-refractivity contribution >= 4 is 0 Å². The Morgan fingerprint density at radius 3 is 2.35 bits per heavy atom. The van der Waals surface area contributed by atoms with Gasteiger partial charge in [0.25, 0.3) is 0 Å². The summed E-state index contributed by atoms with van der Waals surface area (Å²) in [5.41, 5.74) is 0.897. The van der Waals surface area contributed by atoms with Crippen molar-refractivity contribution in [2.24, 2.45) is 0 Å². The van der Waals surface area contributed by atoms with E-state index in [0.717, 1.165) is 17.1 Å². The Morgan fingerprint density at radius 2 is 1.88 bits per heavy atom. The second-order valence-corrected chi connectivity index (χ2v) is 5.00. The van der Waals surface area contributed by atoms with Gasteiger partial charge in [-0.3, -0.25) is 0 Å². The summed E-state index contributed by atoms with van der Waals surface area (Å²) < 4.78 is 10.6. The van der Waals surface area contributed by atoms with Crippen molar-refractivity contribution in [3.05, 3.63) is 23.8 Å². The van der Waals surface area contributed by atoms with Gasteiger partial charge in [-0.15, -0.1) is 0 Å². The largest absolute Gasteiger partial charge is 0.497 e. The van der Waals surface area contributed by atoms with Gasteiger partial charge >= 0.3 is 0 Å². The summed E-state index contributed by atoms with van der Waals surface area (Å²) in [4.78, 5) is 0. The van der Waals surface area contributed by atoms with Crippen LogP contribution in [0.3, 0.4) is 0 Å². The number of aliphatic hydroxyl groups excluding tert-OH is 1. The lowest BCUT2D eigenvalue weighted by molar-refractivity contribution is 0.155. The van der Waals surface area contributed by atoms with Crippen molar-refractivity contribution < 1.29 is 14.6 Å². The van der Waals surface area contributed by atoms with Crippen LogP contribution in [0.2, 0.25) is 0 Å². The van der Waals surface area contributed by atoms with Gasteiger partial charge in [-0.2, -0.15) is 0 Å². The SMILES string of the molecule is COc1ccc(OC)c(C(C)(C)CC(C)O)c1. The van der Waals surface area contributed by atoms with Crippen molar-refractivity contribution in [3.8, 4) is 11.5 Å². The van der Waals surface area contributed by atoms with E-state index in [9.17, 15) is 5.11 Å². The predicted molar refractivity (Wildman–Crippen MR) is 68.9 cm³/mol. The zero-order valence-electron chi connectivity index (χ0n) is 11.3. The smallest absolute Gasteiger partial charge is 0.122 e. The first kappa shape index (κ1) is 13.8. The topological polar surface area (TPSA) is 38.7 Å². The fourth-order valence-electron chi connectivity index (χ4n) is 2.19. The molecule has 96 valence electrons. The van der Waals surface area contributed by atoms with Gasteiger partial charge in [-0.1, -0.05) is 13.8 Å². The van der Waals surface area contributed by atoms with Crippen LogP contribution in [-0.4, -0.2) is 25.4 Å². The summed E-state index contributed by atoms with van der Waals surface area (Å²) in [5.74, 6) is 1.64. The number of benzene rings is 1. The van der Waals surface area contributed by atoms with E-state index < -0.39 is 0 Å². The molecule has 0 aliphatic carbocycles. The molecule has 0 aromatic heterocycles. The van der Waals surface area contributed by atoms with Gasteiger partial charge in [0.1, 0.15) is 11.5 Å². The number of methoxy groups -OCH3 is 2. The van der Waals surface area contributed by atoms with Crippen LogP contribution in [0.15, 0.2) is 18.2 Å². The second kappa shape index (κ2) is 5.41. The molecule has 0 aliphatic rings. The molecule has 0 spiro atoms. The fourth-order valence-corrected chi connectivity index (χ4v) is 2.19. The Bertz CT molecular complexity index is 370. The third kappa shape index (κ3) is 3.37. The second-order valence-electron chi connectivity index (χ2n) is 5.00. The van der Waals surface area contributed by atoms with Crippen LogP contribution in [0, 0.1) is 0 Å². The standard InChI is InChI=1S/C14H22O3/c1-10(15)9-14(2,3)12-8-11(16-4)6-7-13(12)17-5/h6-8,10,15H,9H2,1-5H3. The molecular weight excluding hydrogens is 216 g/mol. The van der Waals surface area contributed by atoms with Crippen LogP contribution >= 0.6 is 0 Å². The zero-order chi connectivity index (χ0) is 13.1. The molecule has 1 atom stereocenters. The minimum Gasteiger partial charge on any atom is -0.497 e. The molecule has 1 aromatic rings. The van der Waals surface area contributed by atoms with Crippen LogP contribution < -0.4 is 9.47 Å². The van der Waals surface area contributed by atoms with Crippen molar-refractivity contribution in [3.63, 3.8) is 0 Å². The van der Waals surface area contributed by atoms with E-state index in [1.165, 1.54) is 0 Å². The van der Waals surface area contributed by atoms with Gasteiger partial charge in [0, 0.05) is 5.56 Å². The highest BCUT2D eigenvalue weighted by Crippen LogP contribution is 2.37. The average Bonchev–Trinajstić information content (AvgIpc) is 2.26. The number of rotatable bonds is 5. The first-order chi connectivity index (χ1) is 7.90. The molecule has 0 heterocycles. The van der Waals surface area contributed by atoms with Gasteiger partial charge in [0.15, 0.2) is 0 Å². The molecule has 1 N–H and O–H groups in total. The van der Waals surface area contributed by atoms with Crippen molar-refractivity contribution in [2.75, 3.05) is 14.2 Å². The zero-order valence-corrected chi connectivity index (χ0v) is 11.3. The van der Waals surface area contributed by atoms with E-state index in [1.807, 2.05) is 18.2 Å². The fraction of sp³-hybridized carbons (Fsp3) is 0.571. The maximum absolute atomic E-state index is 9.57. The molecule has 1 unspecified atom stereocenters. The molecular formula is C14H22O3. The van der Waals surface area contributed by atoms with Gasteiger partial charge in [-0.05, 0) is 37.0 Å². The Kier molecular flexibility index (Phi) is 4.40. The summed E-state index contributed by atoms with van der Waals surface area (Å²) >= 11 is 0.